The Morgan fingerprint density at radius 3 is 3.00 bits per heavy atom. The number of hydrogen-bond acceptors (Lipinski definition) is 3. The average molecular weight is 224 g/mol. The number of rotatable bonds is 3. The third-order valence-corrected chi connectivity index (χ3v) is 4.44. The van der Waals surface area contributed by atoms with Crippen LogP contribution in [0.5, 0.6) is 0 Å². The normalized spacial score (nSPS) is 25.7. The summed E-state index contributed by atoms with van der Waals surface area (Å²) in [5.41, 5.74) is 2.19. The molecule has 1 aliphatic heterocycles. The summed E-state index contributed by atoms with van der Waals surface area (Å²) in [6.07, 6.45) is 4.11. The molecule has 15 heavy (non-hydrogen) atoms. The van der Waals surface area contributed by atoms with Gasteiger partial charge in [0.25, 0.3) is 0 Å². The molecule has 0 aromatic carbocycles. The fraction of sp³-hybridized carbons (Fsp3) is 0.636. The smallest absolute Gasteiger partial charge is 0.136 e. The molecule has 1 unspecified atom stereocenters. The van der Waals surface area contributed by atoms with Crippen molar-refractivity contribution in [2.24, 2.45) is 7.05 Å². The van der Waals surface area contributed by atoms with Crippen LogP contribution in [0.1, 0.15) is 24.2 Å². The predicted octanol–water partition coefficient (Wildman–Crippen LogP) is 1.74. The van der Waals surface area contributed by atoms with Crippen molar-refractivity contribution in [3.05, 3.63) is 17.5 Å². The molecule has 2 heterocycles. The zero-order valence-corrected chi connectivity index (χ0v) is 10.0. The van der Waals surface area contributed by atoms with E-state index in [1.54, 1.807) is 11.8 Å². The number of aldehydes is 1. The second-order valence-corrected chi connectivity index (χ2v) is 5.72. The van der Waals surface area contributed by atoms with E-state index in [0.29, 0.717) is 0 Å². The molecule has 0 bridgehead atoms. The molecule has 82 valence electrons. The highest BCUT2D eigenvalue weighted by molar-refractivity contribution is 8.01. The molecule has 1 fully saturated rings. The van der Waals surface area contributed by atoms with Gasteiger partial charge in [-0.2, -0.15) is 5.10 Å². The van der Waals surface area contributed by atoms with Gasteiger partial charge in [-0.3, -0.25) is 4.68 Å². The van der Waals surface area contributed by atoms with Crippen LogP contribution in [0.15, 0.2) is 6.07 Å². The van der Waals surface area contributed by atoms with Crippen LogP contribution in [-0.4, -0.2) is 26.6 Å². The van der Waals surface area contributed by atoms with E-state index in [0.717, 1.165) is 42.7 Å². The summed E-state index contributed by atoms with van der Waals surface area (Å²) in [5.74, 6) is 1.11. The summed E-state index contributed by atoms with van der Waals surface area (Å²) in [7, 11) is 1.94. The number of aromatic nitrogens is 2. The second-order valence-electron chi connectivity index (χ2n) is 4.21. The first-order chi connectivity index (χ1) is 7.15. The van der Waals surface area contributed by atoms with Crippen molar-refractivity contribution >= 4 is 18.0 Å². The van der Waals surface area contributed by atoms with Gasteiger partial charge in [0.2, 0.25) is 0 Å². The Bertz CT molecular complexity index is 367. The third kappa shape index (κ3) is 2.09. The van der Waals surface area contributed by atoms with Crippen LogP contribution in [0.2, 0.25) is 0 Å². The molecule has 4 heteroatoms. The number of nitrogens with zero attached hydrogens (tertiary/aromatic N) is 2. The zero-order valence-electron chi connectivity index (χ0n) is 9.19. The predicted molar refractivity (Wildman–Crippen MR) is 62.1 cm³/mol. The summed E-state index contributed by atoms with van der Waals surface area (Å²) in [6, 6.07) is 2.07. The number of aryl methyl sites for hydroxylation is 2. The van der Waals surface area contributed by atoms with E-state index in [1.165, 1.54) is 0 Å². The summed E-state index contributed by atoms with van der Waals surface area (Å²) in [6.45, 7) is 1.98. The second kappa shape index (κ2) is 4.00. The van der Waals surface area contributed by atoms with E-state index in [2.05, 4.69) is 11.2 Å². The molecule has 0 saturated carbocycles. The number of carbonyl (C=O) groups excluding carboxylic acids is 1. The van der Waals surface area contributed by atoms with Crippen molar-refractivity contribution in [3.63, 3.8) is 0 Å². The Hall–Kier alpha value is -0.770. The molecule has 1 aliphatic rings. The van der Waals surface area contributed by atoms with Crippen LogP contribution in [0, 0.1) is 6.92 Å². The van der Waals surface area contributed by atoms with Crippen LogP contribution in [0.4, 0.5) is 0 Å². The molecule has 2 rings (SSSR count). The Morgan fingerprint density at radius 2 is 2.53 bits per heavy atom. The fourth-order valence-corrected chi connectivity index (χ4v) is 3.43. The first kappa shape index (κ1) is 10.7. The quantitative estimate of drug-likeness (QED) is 0.733. The Balaban J connectivity index is 2.19. The fourth-order valence-electron chi connectivity index (χ4n) is 2.13. The SMILES string of the molecule is Cc1cc(CC2(C=O)CCCS2)n(C)n1. The zero-order chi connectivity index (χ0) is 10.9. The van der Waals surface area contributed by atoms with Gasteiger partial charge in [-0.05, 0) is 31.6 Å². The molecule has 1 aromatic rings. The van der Waals surface area contributed by atoms with E-state index < -0.39 is 0 Å². The van der Waals surface area contributed by atoms with Gasteiger partial charge in [-0.15, -0.1) is 11.8 Å². The molecule has 1 saturated heterocycles. The van der Waals surface area contributed by atoms with Gasteiger partial charge in [0.1, 0.15) is 6.29 Å². The van der Waals surface area contributed by atoms with Crippen LogP contribution in [0.3, 0.4) is 0 Å². The van der Waals surface area contributed by atoms with Crippen molar-refractivity contribution in [1.29, 1.82) is 0 Å². The van der Waals surface area contributed by atoms with Gasteiger partial charge in [0.05, 0.1) is 10.4 Å². The molecule has 0 spiro atoms. The van der Waals surface area contributed by atoms with E-state index in [4.69, 9.17) is 0 Å². The molecular formula is C11H16N2OS. The Kier molecular flexibility index (Phi) is 2.87. The largest absolute Gasteiger partial charge is 0.302 e. The van der Waals surface area contributed by atoms with Gasteiger partial charge in [0, 0.05) is 19.2 Å². The lowest BCUT2D eigenvalue weighted by molar-refractivity contribution is -0.109. The van der Waals surface area contributed by atoms with E-state index in [9.17, 15) is 4.79 Å². The van der Waals surface area contributed by atoms with Gasteiger partial charge >= 0.3 is 0 Å². The van der Waals surface area contributed by atoms with Crippen LogP contribution < -0.4 is 0 Å². The lowest BCUT2D eigenvalue weighted by atomic mass is 9.99. The van der Waals surface area contributed by atoms with E-state index in [1.807, 2.05) is 18.7 Å². The van der Waals surface area contributed by atoms with Crippen molar-refractivity contribution in [2.45, 2.75) is 30.9 Å². The number of hydrogen-bond donors (Lipinski definition) is 0. The van der Waals surface area contributed by atoms with Crippen molar-refractivity contribution < 1.29 is 4.79 Å². The van der Waals surface area contributed by atoms with Crippen LogP contribution in [0.25, 0.3) is 0 Å². The maximum atomic E-state index is 11.2. The lowest BCUT2D eigenvalue weighted by Crippen LogP contribution is -2.27. The molecule has 3 nitrogen and oxygen atoms in total. The molecule has 0 aliphatic carbocycles. The van der Waals surface area contributed by atoms with Crippen LogP contribution >= 0.6 is 11.8 Å². The average Bonchev–Trinajstić information content (AvgIpc) is 2.76. The minimum Gasteiger partial charge on any atom is -0.302 e. The highest BCUT2D eigenvalue weighted by Crippen LogP contribution is 2.39. The number of carbonyl (C=O) groups is 1. The first-order valence-corrected chi connectivity index (χ1v) is 6.24. The maximum absolute atomic E-state index is 11.2. The van der Waals surface area contributed by atoms with Gasteiger partial charge < -0.3 is 4.79 Å². The summed E-state index contributed by atoms with van der Waals surface area (Å²) < 4.78 is 1.71. The van der Waals surface area contributed by atoms with Crippen molar-refractivity contribution in [1.82, 2.24) is 9.78 Å². The van der Waals surface area contributed by atoms with Crippen molar-refractivity contribution in [3.8, 4) is 0 Å². The molecule has 0 radical (unpaired) electrons. The van der Waals surface area contributed by atoms with Gasteiger partial charge in [-0.25, -0.2) is 0 Å². The van der Waals surface area contributed by atoms with Crippen molar-refractivity contribution in [2.75, 3.05) is 5.75 Å². The van der Waals surface area contributed by atoms with Gasteiger partial charge in [-0.1, -0.05) is 0 Å². The minimum atomic E-state index is -0.180. The highest BCUT2D eigenvalue weighted by atomic mass is 32.2. The monoisotopic (exact) mass is 224 g/mol. The van der Waals surface area contributed by atoms with E-state index >= 15 is 0 Å². The number of thioether (sulfide) groups is 1. The summed E-state index contributed by atoms with van der Waals surface area (Å²) in [4.78, 5) is 11.2. The topological polar surface area (TPSA) is 34.9 Å². The van der Waals surface area contributed by atoms with E-state index in [-0.39, 0.29) is 4.75 Å². The molecule has 1 atom stereocenters. The summed E-state index contributed by atoms with van der Waals surface area (Å²) >= 11 is 1.79. The lowest BCUT2D eigenvalue weighted by Gasteiger charge is -2.20. The Morgan fingerprint density at radius 1 is 1.73 bits per heavy atom. The van der Waals surface area contributed by atoms with Crippen LogP contribution in [-0.2, 0) is 18.3 Å². The molecule has 1 aromatic heterocycles. The first-order valence-electron chi connectivity index (χ1n) is 5.25. The molecule has 0 N–H and O–H groups in total. The van der Waals surface area contributed by atoms with Gasteiger partial charge in [0.15, 0.2) is 0 Å². The molecule has 0 amide bonds. The Labute approximate surface area is 94.2 Å². The maximum Gasteiger partial charge on any atom is 0.136 e. The minimum absolute atomic E-state index is 0.180. The highest BCUT2D eigenvalue weighted by Gasteiger charge is 2.35. The summed E-state index contributed by atoms with van der Waals surface area (Å²) in [5, 5.41) is 4.31. The molecular weight excluding hydrogens is 208 g/mol. The standard InChI is InChI=1S/C11H16N2OS/c1-9-6-10(13(2)12-9)7-11(8-14)4-3-5-15-11/h6,8H,3-5,7H2,1-2H3. The third-order valence-electron chi connectivity index (χ3n) is 2.93.